The van der Waals surface area contributed by atoms with Gasteiger partial charge in [-0.15, -0.1) is 0 Å². The molecular formula is C14H13NO2. The molecule has 0 unspecified atom stereocenters. The van der Waals surface area contributed by atoms with E-state index in [1.54, 1.807) is 7.11 Å². The predicted octanol–water partition coefficient (Wildman–Crippen LogP) is 2.13. The summed E-state index contributed by atoms with van der Waals surface area (Å²) in [5.74, 6) is 0.756. The fourth-order valence-corrected chi connectivity index (χ4v) is 2.44. The lowest BCUT2D eigenvalue weighted by Crippen LogP contribution is -2.31. The summed E-state index contributed by atoms with van der Waals surface area (Å²) in [5.41, 5.74) is 1.87. The highest BCUT2D eigenvalue weighted by molar-refractivity contribution is 6.04. The van der Waals surface area contributed by atoms with Crippen LogP contribution in [0.2, 0.25) is 0 Å². The third kappa shape index (κ3) is 1.46. The van der Waals surface area contributed by atoms with E-state index in [0.717, 1.165) is 34.1 Å². The highest BCUT2D eigenvalue weighted by atomic mass is 16.5. The number of hydrogen-bond acceptors (Lipinski definition) is 2. The highest BCUT2D eigenvalue weighted by Gasteiger charge is 2.20. The number of fused-ring (bicyclic) bond motifs is 3. The molecule has 17 heavy (non-hydrogen) atoms. The predicted molar refractivity (Wildman–Crippen MR) is 66.5 cm³/mol. The molecule has 3 heteroatoms. The van der Waals surface area contributed by atoms with Crippen LogP contribution in [0.5, 0.6) is 5.75 Å². The molecule has 0 spiro atoms. The summed E-state index contributed by atoms with van der Waals surface area (Å²) in [4.78, 5) is 11.8. The molecule has 1 amide bonds. The Hall–Kier alpha value is -2.03. The molecule has 0 saturated carbocycles. The molecule has 1 heterocycles. The molecule has 2 aromatic rings. The maximum Gasteiger partial charge on any atom is 0.251 e. The second-order valence-corrected chi connectivity index (χ2v) is 4.16. The van der Waals surface area contributed by atoms with Crippen LogP contribution in [0.15, 0.2) is 30.3 Å². The molecule has 0 atom stereocenters. The number of benzene rings is 2. The van der Waals surface area contributed by atoms with Crippen molar-refractivity contribution in [2.45, 2.75) is 6.42 Å². The van der Waals surface area contributed by atoms with Gasteiger partial charge in [0.05, 0.1) is 7.11 Å². The molecule has 3 nitrogen and oxygen atoms in total. The number of methoxy groups -OCH3 is 1. The van der Waals surface area contributed by atoms with Crippen molar-refractivity contribution in [1.29, 1.82) is 0 Å². The average Bonchev–Trinajstić information content (AvgIpc) is 2.38. The van der Waals surface area contributed by atoms with Crippen molar-refractivity contribution in [1.82, 2.24) is 5.32 Å². The van der Waals surface area contributed by atoms with Crippen molar-refractivity contribution < 1.29 is 9.53 Å². The minimum absolute atomic E-state index is 0.00435. The quantitative estimate of drug-likeness (QED) is 0.810. The van der Waals surface area contributed by atoms with Gasteiger partial charge in [-0.2, -0.15) is 0 Å². The van der Waals surface area contributed by atoms with Crippen LogP contribution in [-0.2, 0) is 6.42 Å². The molecule has 0 radical (unpaired) electrons. The molecule has 0 fully saturated rings. The number of carbonyl (C=O) groups is 1. The van der Waals surface area contributed by atoms with E-state index < -0.39 is 0 Å². The monoisotopic (exact) mass is 227 g/mol. The zero-order valence-corrected chi connectivity index (χ0v) is 9.62. The number of rotatable bonds is 1. The summed E-state index contributed by atoms with van der Waals surface area (Å²) in [7, 11) is 1.63. The smallest absolute Gasteiger partial charge is 0.251 e. The van der Waals surface area contributed by atoms with Crippen molar-refractivity contribution in [3.63, 3.8) is 0 Å². The lowest BCUT2D eigenvalue weighted by molar-refractivity contribution is 0.0946. The van der Waals surface area contributed by atoms with Crippen molar-refractivity contribution in [3.05, 3.63) is 41.5 Å². The van der Waals surface area contributed by atoms with Crippen molar-refractivity contribution in [2.24, 2.45) is 0 Å². The molecule has 1 aliphatic rings. The first-order valence-corrected chi connectivity index (χ1v) is 5.68. The Morgan fingerprint density at radius 2 is 2.00 bits per heavy atom. The SMILES string of the molecule is COc1cc2c(c3ccccc13)CCNC2=O. The summed E-state index contributed by atoms with van der Waals surface area (Å²) in [6.07, 6.45) is 0.881. The lowest BCUT2D eigenvalue weighted by atomic mass is 9.93. The highest BCUT2D eigenvalue weighted by Crippen LogP contribution is 2.32. The lowest BCUT2D eigenvalue weighted by Gasteiger charge is -2.20. The normalized spacial score (nSPS) is 14.3. The van der Waals surface area contributed by atoms with Crippen LogP contribution in [0.1, 0.15) is 15.9 Å². The molecule has 0 aromatic heterocycles. The van der Waals surface area contributed by atoms with Crippen molar-refractivity contribution in [2.75, 3.05) is 13.7 Å². The van der Waals surface area contributed by atoms with Crippen LogP contribution >= 0.6 is 0 Å². The third-order valence-electron chi connectivity index (χ3n) is 3.24. The van der Waals surface area contributed by atoms with Gasteiger partial charge in [0.1, 0.15) is 5.75 Å². The summed E-state index contributed by atoms with van der Waals surface area (Å²) in [6.45, 7) is 0.710. The molecule has 3 rings (SSSR count). The molecule has 0 saturated heterocycles. The molecule has 2 aromatic carbocycles. The van der Waals surface area contributed by atoms with Gasteiger partial charge in [0.2, 0.25) is 0 Å². The van der Waals surface area contributed by atoms with Crippen LogP contribution < -0.4 is 10.1 Å². The van der Waals surface area contributed by atoms with E-state index in [-0.39, 0.29) is 5.91 Å². The van der Waals surface area contributed by atoms with E-state index in [2.05, 4.69) is 11.4 Å². The summed E-state index contributed by atoms with van der Waals surface area (Å²) in [5, 5.41) is 5.05. The van der Waals surface area contributed by atoms with Crippen LogP contribution in [0.4, 0.5) is 0 Å². The van der Waals surface area contributed by atoms with Gasteiger partial charge in [-0.3, -0.25) is 4.79 Å². The minimum atomic E-state index is -0.00435. The number of carbonyl (C=O) groups excluding carboxylic acids is 1. The zero-order valence-electron chi connectivity index (χ0n) is 9.62. The van der Waals surface area contributed by atoms with E-state index in [0.29, 0.717) is 6.54 Å². The maximum absolute atomic E-state index is 11.8. The van der Waals surface area contributed by atoms with Gasteiger partial charge in [0.15, 0.2) is 0 Å². The Morgan fingerprint density at radius 1 is 1.24 bits per heavy atom. The third-order valence-corrected chi connectivity index (χ3v) is 3.24. The summed E-state index contributed by atoms with van der Waals surface area (Å²) < 4.78 is 5.36. The van der Waals surface area contributed by atoms with Gasteiger partial charge in [0.25, 0.3) is 5.91 Å². The second-order valence-electron chi connectivity index (χ2n) is 4.16. The van der Waals surface area contributed by atoms with E-state index in [4.69, 9.17) is 4.74 Å². The van der Waals surface area contributed by atoms with Crippen molar-refractivity contribution >= 4 is 16.7 Å². The fourth-order valence-electron chi connectivity index (χ4n) is 2.44. The van der Waals surface area contributed by atoms with Gasteiger partial charge in [0, 0.05) is 17.5 Å². The molecule has 1 N–H and O–H groups in total. The van der Waals surface area contributed by atoms with Crippen LogP contribution in [0.25, 0.3) is 10.8 Å². The van der Waals surface area contributed by atoms with Crippen LogP contribution in [0.3, 0.4) is 0 Å². The number of nitrogens with one attached hydrogen (secondary N) is 1. The Bertz CT molecular complexity index is 604. The van der Waals surface area contributed by atoms with Gasteiger partial charge >= 0.3 is 0 Å². The van der Waals surface area contributed by atoms with E-state index >= 15 is 0 Å². The summed E-state index contributed by atoms with van der Waals surface area (Å²) in [6, 6.07) is 9.90. The largest absolute Gasteiger partial charge is 0.496 e. The number of ether oxygens (including phenoxy) is 1. The molecule has 0 bridgehead atoms. The Balaban J connectivity index is 2.40. The fraction of sp³-hybridized carbons (Fsp3) is 0.214. The number of amides is 1. The average molecular weight is 227 g/mol. The zero-order chi connectivity index (χ0) is 11.8. The van der Waals surface area contributed by atoms with E-state index in [9.17, 15) is 4.79 Å². The Kier molecular flexibility index (Phi) is 2.25. The molecule has 0 aliphatic carbocycles. The molecule has 86 valence electrons. The maximum atomic E-state index is 11.8. The van der Waals surface area contributed by atoms with Gasteiger partial charge in [-0.05, 0) is 23.4 Å². The molecule has 1 aliphatic heterocycles. The van der Waals surface area contributed by atoms with E-state index in [1.807, 2.05) is 24.3 Å². The topological polar surface area (TPSA) is 38.3 Å². The first kappa shape index (κ1) is 10.1. The van der Waals surface area contributed by atoms with Crippen LogP contribution in [-0.4, -0.2) is 19.6 Å². The first-order valence-electron chi connectivity index (χ1n) is 5.68. The van der Waals surface area contributed by atoms with E-state index in [1.165, 1.54) is 0 Å². The summed E-state index contributed by atoms with van der Waals surface area (Å²) >= 11 is 0. The van der Waals surface area contributed by atoms with Gasteiger partial charge < -0.3 is 10.1 Å². The van der Waals surface area contributed by atoms with Crippen LogP contribution in [0, 0.1) is 0 Å². The Labute approximate surface area is 99.4 Å². The van der Waals surface area contributed by atoms with Crippen molar-refractivity contribution in [3.8, 4) is 5.75 Å². The Morgan fingerprint density at radius 3 is 2.76 bits per heavy atom. The second kappa shape index (κ2) is 3.77. The standard InChI is InChI=1S/C14H13NO2/c1-17-13-8-12-10(6-7-15-14(12)16)9-4-2-3-5-11(9)13/h2-5,8H,6-7H2,1H3,(H,15,16). The number of hydrogen-bond donors (Lipinski definition) is 1. The van der Waals surface area contributed by atoms with Gasteiger partial charge in [-0.25, -0.2) is 0 Å². The molecular weight excluding hydrogens is 214 g/mol. The first-order chi connectivity index (χ1) is 8.31. The van der Waals surface area contributed by atoms with Gasteiger partial charge in [-0.1, -0.05) is 24.3 Å². The minimum Gasteiger partial charge on any atom is -0.496 e.